The van der Waals surface area contributed by atoms with E-state index in [0.29, 0.717) is 12.1 Å². The number of nitrogens with two attached hydrogens (primary N) is 1. The molecule has 4 nitrogen and oxygen atoms in total. The van der Waals surface area contributed by atoms with Crippen LogP contribution in [0.3, 0.4) is 0 Å². The quantitative estimate of drug-likeness (QED) is 0.808. The van der Waals surface area contributed by atoms with E-state index >= 15 is 0 Å². The van der Waals surface area contributed by atoms with Crippen molar-refractivity contribution in [2.24, 2.45) is 5.73 Å². The Morgan fingerprint density at radius 2 is 2.00 bits per heavy atom. The van der Waals surface area contributed by atoms with Gasteiger partial charge in [-0.05, 0) is 45.4 Å². The van der Waals surface area contributed by atoms with Crippen molar-refractivity contribution in [2.75, 3.05) is 13.2 Å². The van der Waals surface area contributed by atoms with Crippen LogP contribution in [-0.2, 0) is 9.53 Å². The summed E-state index contributed by atoms with van der Waals surface area (Å²) in [5.74, 6) is 0.200. The van der Waals surface area contributed by atoms with Gasteiger partial charge in [-0.3, -0.25) is 4.79 Å². The molecule has 0 bridgehead atoms. The first-order chi connectivity index (χ1) is 8.22. The zero-order valence-electron chi connectivity index (χ0n) is 10.7. The number of nitrogens with zero attached hydrogens (tertiary/aromatic N) is 1. The number of hydrogen-bond donors (Lipinski definition) is 1. The Bertz CT molecular complexity index is 256. The first-order valence-electron chi connectivity index (χ1n) is 6.90. The largest absolute Gasteiger partial charge is 0.368 e. The average molecular weight is 240 g/mol. The third kappa shape index (κ3) is 2.99. The fourth-order valence-corrected chi connectivity index (χ4v) is 2.96. The Morgan fingerprint density at radius 3 is 2.53 bits per heavy atom. The van der Waals surface area contributed by atoms with Crippen LogP contribution in [0.25, 0.3) is 0 Å². The standard InChI is InChI=1S/C13H24N2O2/c1-2-15(11-7-5-10(14)6-8-11)13(16)12-4-3-9-17-12/h10-12H,2-9,14H2,1H3. The van der Waals surface area contributed by atoms with Gasteiger partial charge >= 0.3 is 0 Å². The fraction of sp³-hybridized carbons (Fsp3) is 0.923. The molecular formula is C13H24N2O2. The summed E-state index contributed by atoms with van der Waals surface area (Å²) in [5, 5.41) is 0. The lowest BCUT2D eigenvalue weighted by atomic mass is 9.90. The molecule has 0 aromatic carbocycles. The zero-order valence-corrected chi connectivity index (χ0v) is 10.7. The van der Waals surface area contributed by atoms with Crippen LogP contribution in [0.15, 0.2) is 0 Å². The van der Waals surface area contributed by atoms with Gasteiger partial charge in [-0.1, -0.05) is 0 Å². The van der Waals surface area contributed by atoms with E-state index in [9.17, 15) is 4.79 Å². The predicted molar refractivity (Wildman–Crippen MR) is 66.6 cm³/mol. The maximum Gasteiger partial charge on any atom is 0.251 e. The lowest BCUT2D eigenvalue weighted by Crippen LogP contribution is -2.47. The number of likely N-dealkylation sites (N-methyl/N-ethyl adjacent to an activating group) is 1. The molecule has 1 aliphatic carbocycles. The number of carbonyl (C=O) groups excluding carboxylic acids is 1. The molecule has 2 fully saturated rings. The van der Waals surface area contributed by atoms with Crippen molar-refractivity contribution in [3.63, 3.8) is 0 Å². The average Bonchev–Trinajstić information content (AvgIpc) is 2.86. The summed E-state index contributed by atoms with van der Waals surface area (Å²) in [6.07, 6.45) is 5.91. The van der Waals surface area contributed by atoms with Crippen molar-refractivity contribution in [1.82, 2.24) is 4.90 Å². The van der Waals surface area contributed by atoms with Gasteiger partial charge in [0.1, 0.15) is 6.10 Å². The normalized spacial score (nSPS) is 33.6. The molecule has 2 rings (SSSR count). The van der Waals surface area contributed by atoms with Crippen molar-refractivity contribution in [2.45, 2.75) is 63.6 Å². The Hall–Kier alpha value is -0.610. The molecule has 1 heterocycles. The number of ether oxygens (including phenoxy) is 1. The van der Waals surface area contributed by atoms with Crippen LogP contribution in [0.2, 0.25) is 0 Å². The van der Waals surface area contributed by atoms with E-state index in [1.807, 2.05) is 4.90 Å². The van der Waals surface area contributed by atoms with Crippen LogP contribution in [0.4, 0.5) is 0 Å². The van der Waals surface area contributed by atoms with Gasteiger partial charge in [-0.2, -0.15) is 0 Å². The SMILES string of the molecule is CCN(C(=O)C1CCCO1)C1CCC(N)CC1. The van der Waals surface area contributed by atoms with Crippen molar-refractivity contribution < 1.29 is 9.53 Å². The topological polar surface area (TPSA) is 55.6 Å². The molecule has 98 valence electrons. The molecule has 0 aromatic rings. The Morgan fingerprint density at radius 1 is 1.29 bits per heavy atom. The molecule has 1 aliphatic heterocycles. The van der Waals surface area contributed by atoms with E-state index < -0.39 is 0 Å². The van der Waals surface area contributed by atoms with Crippen molar-refractivity contribution in [1.29, 1.82) is 0 Å². The van der Waals surface area contributed by atoms with E-state index in [4.69, 9.17) is 10.5 Å². The number of amides is 1. The molecule has 1 atom stereocenters. The highest BCUT2D eigenvalue weighted by molar-refractivity contribution is 5.81. The molecule has 0 aromatic heterocycles. The van der Waals surface area contributed by atoms with E-state index in [2.05, 4.69) is 6.92 Å². The maximum absolute atomic E-state index is 12.3. The Kier molecular flexibility index (Phi) is 4.40. The lowest BCUT2D eigenvalue weighted by Gasteiger charge is -2.36. The van der Waals surface area contributed by atoms with Gasteiger partial charge in [-0.15, -0.1) is 0 Å². The fourth-order valence-electron chi connectivity index (χ4n) is 2.96. The highest BCUT2D eigenvalue weighted by atomic mass is 16.5. The van der Waals surface area contributed by atoms with Crippen LogP contribution >= 0.6 is 0 Å². The summed E-state index contributed by atoms with van der Waals surface area (Å²) in [5.41, 5.74) is 5.91. The third-order valence-corrected chi connectivity index (χ3v) is 4.01. The van der Waals surface area contributed by atoms with Gasteiger partial charge in [0.15, 0.2) is 0 Å². The van der Waals surface area contributed by atoms with E-state index in [-0.39, 0.29) is 12.0 Å². The molecule has 1 unspecified atom stereocenters. The predicted octanol–water partition coefficient (Wildman–Crippen LogP) is 1.28. The summed E-state index contributed by atoms with van der Waals surface area (Å²) in [6, 6.07) is 0.722. The van der Waals surface area contributed by atoms with Crippen LogP contribution < -0.4 is 5.73 Å². The molecule has 1 amide bonds. The third-order valence-electron chi connectivity index (χ3n) is 4.01. The molecule has 1 saturated heterocycles. The molecule has 2 N–H and O–H groups in total. The van der Waals surface area contributed by atoms with Crippen LogP contribution in [0.1, 0.15) is 45.4 Å². The van der Waals surface area contributed by atoms with Crippen LogP contribution in [0, 0.1) is 0 Å². The van der Waals surface area contributed by atoms with E-state index in [1.165, 1.54) is 0 Å². The molecule has 1 saturated carbocycles. The molecule has 0 radical (unpaired) electrons. The maximum atomic E-state index is 12.3. The van der Waals surface area contributed by atoms with Crippen molar-refractivity contribution in [3.8, 4) is 0 Å². The Balaban J connectivity index is 1.92. The van der Waals surface area contributed by atoms with E-state index in [0.717, 1.165) is 51.7 Å². The highest BCUT2D eigenvalue weighted by Gasteiger charge is 2.32. The van der Waals surface area contributed by atoms with Gasteiger partial charge in [0.2, 0.25) is 0 Å². The molecular weight excluding hydrogens is 216 g/mol. The second-order valence-electron chi connectivity index (χ2n) is 5.19. The molecule has 2 aliphatic rings. The molecule has 0 spiro atoms. The first kappa shape index (κ1) is 12.8. The minimum absolute atomic E-state index is 0.175. The minimum Gasteiger partial charge on any atom is -0.368 e. The number of rotatable bonds is 3. The van der Waals surface area contributed by atoms with Gasteiger partial charge in [0.05, 0.1) is 0 Å². The summed E-state index contributed by atoms with van der Waals surface area (Å²) in [6.45, 7) is 3.59. The second-order valence-corrected chi connectivity index (χ2v) is 5.19. The summed E-state index contributed by atoms with van der Waals surface area (Å²) in [4.78, 5) is 14.3. The lowest BCUT2D eigenvalue weighted by molar-refractivity contribution is -0.143. The smallest absolute Gasteiger partial charge is 0.251 e. The first-order valence-corrected chi connectivity index (χ1v) is 6.90. The van der Waals surface area contributed by atoms with E-state index in [1.54, 1.807) is 0 Å². The summed E-state index contributed by atoms with van der Waals surface area (Å²) >= 11 is 0. The summed E-state index contributed by atoms with van der Waals surface area (Å²) in [7, 11) is 0. The van der Waals surface area contributed by atoms with Gasteiger partial charge in [0, 0.05) is 25.2 Å². The van der Waals surface area contributed by atoms with Crippen molar-refractivity contribution in [3.05, 3.63) is 0 Å². The highest BCUT2D eigenvalue weighted by Crippen LogP contribution is 2.24. The van der Waals surface area contributed by atoms with Gasteiger partial charge in [-0.25, -0.2) is 0 Å². The van der Waals surface area contributed by atoms with Gasteiger partial charge in [0.25, 0.3) is 5.91 Å². The summed E-state index contributed by atoms with van der Waals surface area (Å²) < 4.78 is 5.49. The monoisotopic (exact) mass is 240 g/mol. The Labute approximate surface area is 103 Å². The number of carbonyl (C=O) groups is 1. The molecule has 17 heavy (non-hydrogen) atoms. The van der Waals surface area contributed by atoms with Gasteiger partial charge < -0.3 is 15.4 Å². The molecule has 4 heteroatoms. The second kappa shape index (κ2) is 5.83. The zero-order chi connectivity index (χ0) is 12.3. The van der Waals surface area contributed by atoms with Crippen LogP contribution in [0.5, 0.6) is 0 Å². The minimum atomic E-state index is -0.175. The van der Waals surface area contributed by atoms with Crippen molar-refractivity contribution >= 4 is 5.91 Å². The number of hydrogen-bond acceptors (Lipinski definition) is 3. The van der Waals surface area contributed by atoms with Crippen LogP contribution in [-0.4, -0.2) is 42.1 Å².